The Balaban J connectivity index is 1.21. The average Bonchev–Trinajstić information content (AvgIpc) is 3.51. The lowest BCUT2D eigenvalue weighted by molar-refractivity contribution is -0.131. The number of carbonyl (C=O) groups excluding carboxylic acids is 1. The maximum atomic E-state index is 12.4. The maximum Gasteiger partial charge on any atom is 0.236 e. The lowest BCUT2D eigenvalue weighted by Crippen LogP contribution is -2.49. The monoisotopic (exact) mass is 413 g/mol. The first kappa shape index (κ1) is 20.2. The van der Waals surface area contributed by atoms with Crippen molar-refractivity contribution in [1.29, 1.82) is 0 Å². The Morgan fingerprint density at radius 2 is 1.90 bits per heavy atom. The number of piperazine rings is 1. The van der Waals surface area contributed by atoms with E-state index in [0.717, 1.165) is 48.9 Å². The SMILES string of the molecule is CN1CCN(C(=O)CNC2CC2c2ccc(OCc3cccc(Cl)c3)cc2)CC1. The van der Waals surface area contributed by atoms with Gasteiger partial charge in [-0.3, -0.25) is 4.79 Å². The van der Waals surface area contributed by atoms with Crippen LogP contribution in [0.1, 0.15) is 23.5 Å². The van der Waals surface area contributed by atoms with Crippen LogP contribution in [-0.2, 0) is 11.4 Å². The van der Waals surface area contributed by atoms with Gasteiger partial charge >= 0.3 is 0 Å². The first-order valence-electron chi connectivity index (χ1n) is 10.3. The van der Waals surface area contributed by atoms with Crippen LogP contribution < -0.4 is 10.1 Å². The molecule has 6 heteroatoms. The quantitative estimate of drug-likeness (QED) is 0.757. The molecule has 5 nitrogen and oxygen atoms in total. The Hall–Kier alpha value is -2.08. The summed E-state index contributed by atoms with van der Waals surface area (Å²) >= 11 is 6.01. The van der Waals surface area contributed by atoms with Crippen molar-refractivity contribution in [2.75, 3.05) is 39.8 Å². The third-order valence-electron chi connectivity index (χ3n) is 5.76. The molecule has 0 aromatic heterocycles. The number of nitrogens with zero attached hydrogens (tertiary/aromatic N) is 2. The van der Waals surface area contributed by atoms with E-state index in [9.17, 15) is 4.79 Å². The number of benzene rings is 2. The lowest BCUT2D eigenvalue weighted by Gasteiger charge is -2.32. The summed E-state index contributed by atoms with van der Waals surface area (Å²) in [5.74, 6) is 1.55. The number of amides is 1. The second kappa shape index (κ2) is 9.16. The molecule has 2 aromatic rings. The fourth-order valence-corrected chi connectivity index (χ4v) is 3.99. The standard InChI is InChI=1S/C23H28ClN3O2/c1-26-9-11-27(12-10-26)23(28)15-25-22-14-21(22)18-5-7-20(8-6-18)29-16-17-3-2-4-19(24)13-17/h2-8,13,21-22,25H,9-12,14-16H2,1H3. The van der Waals surface area contributed by atoms with Crippen LogP contribution in [-0.4, -0.2) is 61.5 Å². The lowest BCUT2D eigenvalue weighted by atomic mass is 10.1. The number of ether oxygens (including phenoxy) is 1. The highest BCUT2D eigenvalue weighted by molar-refractivity contribution is 6.30. The molecule has 0 spiro atoms. The molecular weight excluding hydrogens is 386 g/mol. The Morgan fingerprint density at radius 3 is 2.62 bits per heavy atom. The van der Waals surface area contributed by atoms with E-state index >= 15 is 0 Å². The molecule has 1 aliphatic carbocycles. The van der Waals surface area contributed by atoms with Crippen LogP contribution in [0.15, 0.2) is 48.5 Å². The minimum Gasteiger partial charge on any atom is -0.489 e. The molecule has 1 saturated heterocycles. The third kappa shape index (κ3) is 5.50. The Morgan fingerprint density at radius 1 is 1.14 bits per heavy atom. The zero-order valence-corrected chi connectivity index (χ0v) is 17.6. The summed E-state index contributed by atoms with van der Waals surface area (Å²) in [4.78, 5) is 16.6. The van der Waals surface area contributed by atoms with E-state index in [2.05, 4.69) is 29.4 Å². The molecule has 1 saturated carbocycles. The maximum absolute atomic E-state index is 12.4. The van der Waals surface area contributed by atoms with E-state index in [1.54, 1.807) is 0 Å². The fraction of sp³-hybridized carbons (Fsp3) is 0.435. The van der Waals surface area contributed by atoms with Crippen LogP contribution in [0.4, 0.5) is 0 Å². The predicted molar refractivity (Wildman–Crippen MR) is 115 cm³/mol. The molecule has 1 amide bonds. The fourth-order valence-electron chi connectivity index (χ4n) is 3.78. The largest absolute Gasteiger partial charge is 0.489 e. The molecule has 0 bridgehead atoms. The van der Waals surface area contributed by atoms with E-state index in [1.807, 2.05) is 41.3 Å². The van der Waals surface area contributed by atoms with Gasteiger partial charge in [0.1, 0.15) is 12.4 Å². The molecule has 29 heavy (non-hydrogen) atoms. The van der Waals surface area contributed by atoms with Crippen LogP contribution >= 0.6 is 11.6 Å². The van der Waals surface area contributed by atoms with Crippen LogP contribution in [0.25, 0.3) is 0 Å². The highest BCUT2D eigenvalue weighted by atomic mass is 35.5. The number of halogens is 1. The topological polar surface area (TPSA) is 44.8 Å². The van der Waals surface area contributed by atoms with Crippen LogP contribution in [0.5, 0.6) is 5.75 Å². The van der Waals surface area contributed by atoms with Crippen LogP contribution in [0, 0.1) is 0 Å². The summed E-state index contributed by atoms with van der Waals surface area (Å²) in [7, 11) is 2.10. The van der Waals surface area contributed by atoms with Crippen LogP contribution in [0.3, 0.4) is 0 Å². The Bertz CT molecular complexity index is 834. The molecular formula is C23H28ClN3O2. The summed E-state index contributed by atoms with van der Waals surface area (Å²) in [6, 6.07) is 16.4. The molecule has 1 aliphatic heterocycles. The molecule has 2 atom stereocenters. The van der Waals surface area contributed by atoms with Crippen LogP contribution in [0.2, 0.25) is 5.02 Å². The van der Waals surface area contributed by atoms with Crippen molar-refractivity contribution in [3.05, 3.63) is 64.7 Å². The molecule has 154 valence electrons. The van der Waals surface area contributed by atoms with Crippen molar-refractivity contribution in [3.63, 3.8) is 0 Å². The molecule has 2 fully saturated rings. The minimum absolute atomic E-state index is 0.216. The molecule has 2 unspecified atom stereocenters. The number of hydrogen-bond acceptors (Lipinski definition) is 4. The van der Waals surface area contributed by atoms with Gasteiger partial charge in [-0.2, -0.15) is 0 Å². The van der Waals surface area contributed by atoms with E-state index in [0.29, 0.717) is 25.1 Å². The van der Waals surface area contributed by atoms with Gasteiger partial charge in [-0.05, 0) is 48.9 Å². The van der Waals surface area contributed by atoms with Gasteiger partial charge in [0, 0.05) is 43.2 Å². The van der Waals surface area contributed by atoms with Gasteiger partial charge in [-0.1, -0.05) is 35.9 Å². The zero-order valence-electron chi connectivity index (χ0n) is 16.8. The predicted octanol–water partition coefficient (Wildman–Crippen LogP) is 3.14. The second-order valence-electron chi connectivity index (χ2n) is 8.00. The molecule has 4 rings (SSSR count). The second-order valence-corrected chi connectivity index (χ2v) is 8.44. The van der Waals surface area contributed by atoms with Gasteiger partial charge in [0.25, 0.3) is 0 Å². The zero-order chi connectivity index (χ0) is 20.2. The number of carbonyl (C=O) groups is 1. The van der Waals surface area contributed by atoms with E-state index in [4.69, 9.17) is 16.3 Å². The van der Waals surface area contributed by atoms with Crippen molar-refractivity contribution >= 4 is 17.5 Å². The summed E-state index contributed by atoms with van der Waals surface area (Å²) in [6.07, 6.45) is 1.08. The van der Waals surface area contributed by atoms with Crippen molar-refractivity contribution in [1.82, 2.24) is 15.1 Å². The first-order chi connectivity index (χ1) is 14.1. The Labute approximate surface area is 177 Å². The molecule has 2 aliphatic rings. The number of rotatable bonds is 7. The van der Waals surface area contributed by atoms with E-state index < -0.39 is 0 Å². The van der Waals surface area contributed by atoms with Crippen molar-refractivity contribution in [3.8, 4) is 5.75 Å². The molecule has 0 radical (unpaired) electrons. The highest BCUT2D eigenvalue weighted by Gasteiger charge is 2.38. The summed E-state index contributed by atoms with van der Waals surface area (Å²) in [5, 5.41) is 4.15. The smallest absolute Gasteiger partial charge is 0.236 e. The summed E-state index contributed by atoms with van der Waals surface area (Å²) in [5.41, 5.74) is 2.35. The van der Waals surface area contributed by atoms with Crippen molar-refractivity contribution in [2.24, 2.45) is 0 Å². The molecule has 1 heterocycles. The number of nitrogens with one attached hydrogen (secondary N) is 1. The highest BCUT2D eigenvalue weighted by Crippen LogP contribution is 2.41. The Kier molecular flexibility index (Phi) is 6.38. The number of likely N-dealkylation sites (N-methyl/N-ethyl adjacent to an activating group) is 1. The molecule has 1 N–H and O–H groups in total. The van der Waals surface area contributed by atoms with E-state index in [1.165, 1.54) is 5.56 Å². The first-order valence-corrected chi connectivity index (χ1v) is 10.6. The summed E-state index contributed by atoms with van der Waals surface area (Å²) < 4.78 is 5.85. The third-order valence-corrected chi connectivity index (χ3v) is 6.00. The van der Waals surface area contributed by atoms with Gasteiger partial charge in [0.2, 0.25) is 5.91 Å². The normalized spacial score (nSPS) is 21.8. The minimum atomic E-state index is 0.216. The van der Waals surface area contributed by atoms with Crippen molar-refractivity contribution in [2.45, 2.75) is 25.0 Å². The van der Waals surface area contributed by atoms with Crippen molar-refractivity contribution < 1.29 is 9.53 Å². The number of hydrogen-bond donors (Lipinski definition) is 1. The van der Waals surface area contributed by atoms with Gasteiger partial charge in [0.15, 0.2) is 0 Å². The van der Waals surface area contributed by atoms with Gasteiger partial charge < -0.3 is 19.9 Å². The molecule has 2 aromatic carbocycles. The average molecular weight is 414 g/mol. The van der Waals surface area contributed by atoms with Gasteiger partial charge in [-0.25, -0.2) is 0 Å². The van der Waals surface area contributed by atoms with E-state index in [-0.39, 0.29) is 5.91 Å². The summed E-state index contributed by atoms with van der Waals surface area (Å²) in [6.45, 7) is 4.53. The van der Waals surface area contributed by atoms with Gasteiger partial charge in [0.05, 0.1) is 6.54 Å². The van der Waals surface area contributed by atoms with Gasteiger partial charge in [-0.15, -0.1) is 0 Å².